The molecule has 114 valence electrons. The quantitative estimate of drug-likeness (QED) is 0.850. The first-order chi connectivity index (χ1) is 10.1. The minimum Gasteiger partial charge on any atom is -0.335 e. The van der Waals surface area contributed by atoms with Gasteiger partial charge in [-0.1, -0.05) is 6.92 Å². The number of nitrogens with zero attached hydrogens (tertiary/aromatic N) is 2. The van der Waals surface area contributed by atoms with Crippen LogP contribution in [0.5, 0.6) is 0 Å². The number of hydrogen-bond donors (Lipinski definition) is 1. The van der Waals surface area contributed by atoms with Crippen molar-refractivity contribution in [3.8, 4) is 0 Å². The van der Waals surface area contributed by atoms with Gasteiger partial charge in [0.1, 0.15) is 17.5 Å². The number of hydrogen-bond acceptors (Lipinski definition) is 2. The van der Waals surface area contributed by atoms with Crippen molar-refractivity contribution in [1.82, 2.24) is 14.9 Å². The van der Waals surface area contributed by atoms with Crippen molar-refractivity contribution in [2.24, 2.45) is 0 Å². The second kappa shape index (κ2) is 7.31. The smallest absolute Gasteiger partial charge is 0.126 e. The molecule has 0 saturated carbocycles. The molecule has 0 amide bonds. The van der Waals surface area contributed by atoms with Crippen molar-refractivity contribution < 1.29 is 8.78 Å². The molecule has 1 atom stereocenters. The first kappa shape index (κ1) is 15.6. The molecule has 5 heteroatoms. The lowest BCUT2D eigenvalue weighted by Gasteiger charge is -2.17. The van der Waals surface area contributed by atoms with Gasteiger partial charge in [-0.2, -0.15) is 0 Å². The largest absolute Gasteiger partial charge is 0.335 e. The highest BCUT2D eigenvalue weighted by Crippen LogP contribution is 2.12. The van der Waals surface area contributed by atoms with Crippen molar-refractivity contribution in [2.45, 2.75) is 38.8 Å². The van der Waals surface area contributed by atoms with Crippen LogP contribution in [0.25, 0.3) is 0 Å². The predicted molar refractivity (Wildman–Crippen MR) is 79.1 cm³/mol. The Labute approximate surface area is 124 Å². The molecule has 0 radical (unpaired) electrons. The van der Waals surface area contributed by atoms with Crippen LogP contribution < -0.4 is 5.32 Å². The summed E-state index contributed by atoms with van der Waals surface area (Å²) >= 11 is 0. The van der Waals surface area contributed by atoms with Crippen LogP contribution in [0.15, 0.2) is 30.6 Å². The molecule has 1 unspecified atom stereocenters. The molecule has 2 aromatic rings. The highest BCUT2D eigenvalue weighted by molar-refractivity contribution is 5.19. The van der Waals surface area contributed by atoms with Crippen LogP contribution >= 0.6 is 0 Å². The van der Waals surface area contributed by atoms with Crippen LogP contribution in [0.3, 0.4) is 0 Å². The zero-order valence-electron chi connectivity index (χ0n) is 12.4. The summed E-state index contributed by atoms with van der Waals surface area (Å²) in [5.41, 5.74) is 0.653. The molecule has 0 bridgehead atoms. The number of benzene rings is 1. The van der Waals surface area contributed by atoms with E-state index in [1.807, 2.05) is 13.2 Å². The molecule has 0 aliphatic carbocycles. The zero-order valence-corrected chi connectivity index (χ0v) is 12.4. The zero-order chi connectivity index (χ0) is 15.2. The maximum atomic E-state index is 13.2. The van der Waals surface area contributed by atoms with E-state index in [0.29, 0.717) is 12.0 Å². The van der Waals surface area contributed by atoms with E-state index in [9.17, 15) is 8.78 Å². The molecule has 0 aliphatic heterocycles. The van der Waals surface area contributed by atoms with Gasteiger partial charge >= 0.3 is 0 Å². The van der Waals surface area contributed by atoms with E-state index in [1.165, 1.54) is 12.1 Å². The Morgan fingerprint density at radius 1 is 1.19 bits per heavy atom. The Morgan fingerprint density at radius 2 is 1.90 bits per heavy atom. The average Bonchev–Trinajstić information content (AvgIpc) is 2.84. The molecule has 0 aliphatic rings. The van der Waals surface area contributed by atoms with E-state index in [-0.39, 0.29) is 6.04 Å². The van der Waals surface area contributed by atoms with Crippen molar-refractivity contribution in [3.63, 3.8) is 0 Å². The minimum atomic E-state index is -0.535. The number of halogens is 2. The molecule has 3 nitrogen and oxygen atoms in total. The molecule has 0 saturated heterocycles. The summed E-state index contributed by atoms with van der Waals surface area (Å²) < 4.78 is 28.6. The highest BCUT2D eigenvalue weighted by atomic mass is 19.1. The number of aryl methyl sites for hydroxylation is 1. The van der Waals surface area contributed by atoms with Crippen LogP contribution in [0.2, 0.25) is 0 Å². The fourth-order valence-corrected chi connectivity index (χ4v) is 2.48. The Morgan fingerprint density at radius 3 is 2.52 bits per heavy atom. The van der Waals surface area contributed by atoms with Gasteiger partial charge in [-0.15, -0.1) is 0 Å². The maximum Gasteiger partial charge on any atom is 0.126 e. The molecule has 2 rings (SSSR count). The van der Waals surface area contributed by atoms with Gasteiger partial charge in [0.15, 0.2) is 0 Å². The molecule has 0 spiro atoms. The first-order valence-electron chi connectivity index (χ1n) is 7.24. The third-order valence-corrected chi connectivity index (χ3v) is 3.51. The topological polar surface area (TPSA) is 29.9 Å². The summed E-state index contributed by atoms with van der Waals surface area (Å²) in [6.45, 7) is 3.05. The molecule has 21 heavy (non-hydrogen) atoms. The molecule has 1 N–H and O–H groups in total. The summed E-state index contributed by atoms with van der Waals surface area (Å²) in [7, 11) is 1.85. The maximum absolute atomic E-state index is 13.2. The van der Waals surface area contributed by atoms with Crippen LogP contribution in [-0.4, -0.2) is 22.6 Å². The lowest BCUT2D eigenvalue weighted by Crippen LogP contribution is -2.31. The van der Waals surface area contributed by atoms with Gasteiger partial charge in [0.25, 0.3) is 0 Å². The number of rotatable bonds is 7. The van der Waals surface area contributed by atoms with E-state index in [0.717, 1.165) is 31.3 Å². The van der Waals surface area contributed by atoms with Gasteiger partial charge in [-0.3, -0.25) is 0 Å². The standard InChI is InChI=1S/C16H21F2N3/c1-3-5-21-6-4-20-16(21)11-15(19-2)9-12-7-13(17)10-14(18)8-12/h4,6-8,10,15,19H,3,5,9,11H2,1-2H3. The van der Waals surface area contributed by atoms with Crippen LogP contribution in [-0.2, 0) is 19.4 Å². The van der Waals surface area contributed by atoms with E-state index in [4.69, 9.17) is 0 Å². The molecular formula is C16H21F2N3. The Bertz CT molecular complexity index is 560. The second-order valence-electron chi connectivity index (χ2n) is 5.21. The minimum absolute atomic E-state index is 0.0872. The van der Waals surface area contributed by atoms with Crippen molar-refractivity contribution in [2.75, 3.05) is 7.05 Å². The predicted octanol–water partition coefficient (Wildman–Crippen LogP) is 2.94. The lowest BCUT2D eigenvalue weighted by atomic mass is 10.0. The third-order valence-electron chi connectivity index (χ3n) is 3.51. The first-order valence-corrected chi connectivity index (χ1v) is 7.24. The van der Waals surface area contributed by atoms with Crippen molar-refractivity contribution in [1.29, 1.82) is 0 Å². The molecule has 1 aromatic carbocycles. The fraction of sp³-hybridized carbons (Fsp3) is 0.438. The van der Waals surface area contributed by atoms with Gasteiger partial charge < -0.3 is 9.88 Å². The molecule has 1 aromatic heterocycles. The highest BCUT2D eigenvalue weighted by Gasteiger charge is 2.13. The number of imidazole rings is 1. The van der Waals surface area contributed by atoms with Crippen LogP contribution in [0.4, 0.5) is 8.78 Å². The molecule has 0 fully saturated rings. The summed E-state index contributed by atoms with van der Waals surface area (Å²) in [5, 5.41) is 3.20. The molecule has 1 heterocycles. The number of likely N-dealkylation sites (N-methyl/N-ethyl adjacent to an activating group) is 1. The summed E-state index contributed by atoms with van der Waals surface area (Å²) in [6.07, 6.45) is 6.08. The number of nitrogens with one attached hydrogen (secondary N) is 1. The van der Waals surface area contributed by atoms with E-state index in [1.54, 1.807) is 6.20 Å². The monoisotopic (exact) mass is 293 g/mol. The number of aromatic nitrogens is 2. The average molecular weight is 293 g/mol. The normalized spacial score (nSPS) is 12.6. The van der Waals surface area contributed by atoms with Gasteiger partial charge in [0.2, 0.25) is 0 Å². The fourth-order valence-electron chi connectivity index (χ4n) is 2.48. The van der Waals surface area contributed by atoms with E-state index in [2.05, 4.69) is 21.8 Å². The Hall–Kier alpha value is -1.75. The summed E-state index contributed by atoms with van der Waals surface area (Å²) in [5.74, 6) is -0.0762. The third kappa shape index (κ3) is 4.36. The van der Waals surface area contributed by atoms with Crippen LogP contribution in [0, 0.1) is 11.6 Å². The SMILES string of the molecule is CCCn1ccnc1CC(Cc1cc(F)cc(F)c1)NC. The van der Waals surface area contributed by atoms with Gasteiger partial charge in [-0.05, 0) is 37.6 Å². The van der Waals surface area contributed by atoms with Gasteiger partial charge in [0, 0.05) is 37.5 Å². The van der Waals surface area contributed by atoms with E-state index < -0.39 is 11.6 Å². The van der Waals surface area contributed by atoms with Crippen LogP contribution in [0.1, 0.15) is 24.7 Å². The second-order valence-corrected chi connectivity index (χ2v) is 5.21. The van der Waals surface area contributed by atoms with Crippen molar-refractivity contribution >= 4 is 0 Å². The summed E-state index contributed by atoms with van der Waals surface area (Å²) in [4.78, 5) is 4.37. The van der Waals surface area contributed by atoms with Crippen molar-refractivity contribution in [3.05, 3.63) is 53.6 Å². The lowest BCUT2D eigenvalue weighted by molar-refractivity contribution is 0.515. The Kier molecular flexibility index (Phi) is 5.44. The Balaban J connectivity index is 2.07. The van der Waals surface area contributed by atoms with Gasteiger partial charge in [0.05, 0.1) is 0 Å². The van der Waals surface area contributed by atoms with E-state index >= 15 is 0 Å². The van der Waals surface area contributed by atoms with Gasteiger partial charge in [-0.25, -0.2) is 13.8 Å². The molecular weight excluding hydrogens is 272 g/mol. The summed E-state index contributed by atoms with van der Waals surface area (Å²) in [6, 6.07) is 3.74.